The van der Waals surface area contributed by atoms with Crippen LogP contribution in [0.2, 0.25) is 0 Å². The van der Waals surface area contributed by atoms with Gasteiger partial charge in [0.05, 0.1) is 17.3 Å². The molecular weight excluding hydrogens is 390 g/mol. The summed E-state index contributed by atoms with van der Waals surface area (Å²) >= 11 is 3.05. The van der Waals surface area contributed by atoms with Crippen molar-refractivity contribution in [1.29, 1.82) is 0 Å². The Labute approximate surface area is 162 Å². The van der Waals surface area contributed by atoms with Crippen molar-refractivity contribution in [1.82, 2.24) is 14.6 Å². The first-order valence-corrected chi connectivity index (χ1v) is 12.0. The zero-order valence-electron chi connectivity index (χ0n) is 14.4. The fourth-order valence-corrected chi connectivity index (χ4v) is 6.37. The lowest BCUT2D eigenvalue weighted by atomic mass is 10.2. The Morgan fingerprint density at radius 1 is 1.35 bits per heavy atom. The van der Waals surface area contributed by atoms with Gasteiger partial charge < -0.3 is 5.32 Å². The highest BCUT2D eigenvalue weighted by atomic mass is 32.2. The number of hydrogen-bond acceptors (Lipinski definition) is 6. The van der Waals surface area contributed by atoms with Crippen molar-refractivity contribution in [3.05, 3.63) is 41.4 Å². The van der Waals surface area contributed by atoms with Crippen LogP contribution >= 0.6 is 23.1 Å². The van der Waals surface area contributed by atoms with E-state index in [0.717, 1.165) is 16.3 Å². The van der Waals surface area contributed by atoms with Gasteiger partial charge in [0.15, 0.2) is 0 Å². The quantitative estimate of drug-likeness (QED) is 0.756. The number of carbonyl (C=O) groups excluding carboxylic acids is 1. The standard InChI is InChI=1S/C17H21N3O3S3/c1-2-26(22,23)20-12-24-11-15(20)16(21)18-9-8-14-10-25-17(19-14)13-6-4-3-5-7-13/h3-7,10,15H,2,8-9,11-12H2,1H3,(H,18,21). The number of aromatic nitrogens is 1. The largest absolute Gasteiger partial charge is 0.354 e. The number of benzene rings is 1. The molecule has 1 N–H and O–H groups in total. The summed E-state index contributed by atoms with van der Waals surface area (Å²) in [6.45, 7) is 2.04. The van der Waals surface area contributed by atoms with Gasteiger partial charge in [-0.2, -0.15) is 4.31 Å². The minimum atomic E-state index is -3.36. The SMILES string of the molecule is CCS(=O)(=O)N1CSCC1C(=O)NCCc1csc(-c2ccccc2)n1. The van der Waals surface area contributed by atoms with E-state index in [0.29, 0.717) is 24.6 Å². The fourth-order valence-electron chi connectivity index (χ4n) is 2.64. The normalized spacial score (nSPS) is 18.1. The van der Waals surface area contributed by atoms with Gasteiger partial charge in [0.1, 0.15) is 11.0 Å². The third kappa shape index (κ3) is 4.46. The Balaban J connectivity index is 1.54. The predicted octanol–water partition coefficient (Wildman–Crippen LogP) is 2.19. The zero-order valence-corrected chi connectivity index (χ0v) is 16.9. The third-order valence-corrected chi connectivity index (χ3v) is 8.06. The van der Waals surface area contributed by atoms with Crippen molar-refractivity contribution in [2.45, 2.75) is 19.4 Å². The number of thiazole rings is 1. The van der Waals surface area contributed by atoms with E-state index in [2.05, 4.69) is 10.3 Å². The van der Waals surface area contributed by atoms with E-state index in [9.17, 15) is 13.2 Å². The van der Waals surface area contributed by atoms with E-state index in [4.69, 9.17) is 0 Å². The van der Waals surface area contributed by atoms with Gasteiger partial charge in [-0.3, -0.25) is 4.79 Å². The average molecular weight is 412 g/mol. The van der Waals surface area contributed by atoms with Crippen molar-refractivity contribution < 1.29 is 13.2 Å². The molecule has 2 heterocycles. The number of carbonyl (C=O) groups is 1. The number of sulfonamides is 1. The second-order valence-corrected chi connectivity index (χ2v) is 9.92. The number of nitrogens with zero attached hydrogens (tertiary/aromatic N) is 2. The lowest BCUT2D eigenvalue weighted by Crippen LogP contribution is -2.48. The summed E-state index contributed by atoms with van der Waals surface area (Å²) in [7, 11) is -3.36. The Morgan fingerprint density at radius 2 is 2.12 bits per heavy atom. The van der Waals surface area contributed by atoms with E-state index in [-0.39, 0.29) is 11.7 Å². The molecule has 1 aromatic heterocycles. The molecule has 1 amide bonds. The van der Waals surface area contributed by atoms with Gasteiger partial charge in [0.25, 0.3) is 0 Å². The summed E-state index contributed by atoms with van der Waals surface area (Å²) in [6, 6.07) is 9.35. The van der Waals surface area contributed by atoms with E-state index in [1.54, 1.807) is 18.3 Å². The van der Waals surface area contributed by atoms with Crippen LogP contribution in [0, 0.1) is 0 Å². The predicted molar refractivity (Wildman–Crippen MR) is 107 cm³/mol. The zero-order chi connectivity index (χ0) is 18.6. The molecule has 0 saturated carbocycles. The summed E-state index contributed by atoms with van der Waals surface area (Å²) in [5.74, 6) is 0.629. The average Bonchev–Trinajstić information content (AvgIpc) is 3.32. The summed E-state index contributed by atoms with van der Waals surface area (Å²) in [5, 5.41) is 5.81. The highest BCUT2D eigenvalue weighted by Gasteiger charge is 2.38. The van der Waals surface area contributed by atoms with Crippen molar-refractivity contribution in [3.63, 3.8) is 0 Å². The molecule has 26 heavy (non-hydrogen) atoms. The Bertz CT molecular complexity index is 852. The minimum absolute atomic E-state index is 0.0123. The highest BCUT2D eigenvalue weighted by molar-refractivity contribution is 8.00. The second-order valence-electron chi connectivity index (χ2n) is 5.85. The molecule has 1 saturated heterocycles. The van der Waals surface area contributed by atoms with Gasteiger partial charge >= 0.3 is 0 Å². The van der Waals surface area contributed by atoms with Crippen LogP contribution in [0.1, 0.15) is 12.6 Å². The molecule has 1 aliphatic heterocycles. The first-order valence-electron chi connectivity index (χ1n) is 8.36. The fraction of sp³-hybridized carbons (Fsp3) is 0.412. The molecule has 0 spiro atoms. The number of amides is 1. The molecule has 140 valence electrons. The molecule has 2 aromatic rings. The monoisotopic (exact) mass is 411 g/mol. The van der Waals surface area contributed by atoms with Gasteiger partial charge in [0.2, 0.25) is 15.9 Å². The van der Waals surface area contributed by atoms with Gasteiger partial charge in [-0.15, -0.1) is 23.1 Å². The summed E-state index contributed by atoms with van der Waals surface area (Å²) in [6.07, 6.45) is 0.621. The van der Waals surface area contributed by atoms with E-state index in [1.165, 1.54) is 16.1 Å². The summed E-state index contributed by atoms with van der Waals surface area (Å²) in [5.41, 5.74) is 2.00. The van der Waals surface area contributed by atoms with Gasteiger partial charge in [0, 0.05) is 29.7 Å². The molecule has 1 atom stereocenters. The van der Waals surface area contributed by atoms with Crippen molar-refractivity contribution in [2.24, 2.45) is 0 Å². The first-order chi connectivity index (χ1) is 12.5. The van der Waals surface area contributed by atoms with Crippen LogP contribution < -0.4 is 5.32 Å². The van der Waals surface area contributed by atoms with Crippen molar-refractivity contribution >= 4 is 39.0 Å². The first kappa shape index (κ1) is 19.3. The maximum Gasteiger partial charge on any atom is 0.239 e. The summed E-state index contributed by atoms with van der Waals surface area (Å²) in [4.78, 5) is 17.0. The maximum absolute atomic E-state index is 12.4. The van der Waals surface area contributed by atoms with Crippen molar-refractivity contribution in [2.75, 3.05) is 23.9 Å². The molecule has 1 aromatic carbocycles. The van der Waals surface area contributed by atoms with Crippen LogP contribution in [0.15, 0.2) is 35.7 Å². The van der Waals surface area contributed by atoms with Crippen molar-refractivity contribution in [3.8, 4) is 10.6 Å². The smallest absolute Gasteiger partial charge is 0.239 e. The maximum atomic E-state index is 12.4. The molecule has 1 unspecified atom stereocenters. The second kappa shape index (κ2) is 8.51. The molecular formula is C17H21N3O3S3. The summed E-state index contributed by atoms with van der Waals surface area (Å²) < 4.78 is 25.5. The molecule has 9 heteroatoms. The Hall–Kier alpha value is -1.42. The molecule has 1 fully saturated rings. The van der Waals surface area contributed by atoms with E-state index in [1.807, 2.05) is 35.7 Å². The van der Waals surface area contributed by atoms with Crippen LogP contribution in [0.3, 0.4) is 0 Å². The van der Waals surface area contributed by atoms with E-state index < -0.39 is 16.1 Å². The molecule has 0 radical (unpaired) electrons. The molecule has 0 bridgehead atoms. The molecule has 1 aliphatic rings. The molecule has 0 aliphatic carbocycles. The van der Waals surface area contributed by atoms with Crippen LogP contribution in [-0.2, 0) is 21.2 Å². The van der Waals surface area contributed by atoms with Gasteiger partial charge in [-0.05, 0) is 6.92 Å². The lowest BCUT2D eigenvalue weighted by Gasteiger charge is -2.21. The van der Waals surface area contributed by atoms with E-state index >= 15 is 0 Å². The number of hydrogen-bond donors (Lipinski definition) is 1. The Morgan fingerprint density at radius 3 is 2.85 bits per heavy atom. The number of nitrogens with one attached hydrogen (secondary N) is 1. The number of rotatable bonds is 7. The van der Waals surface area contributed by atoms with Gasteiger partial charge in [-0.25, -0.2) is 13.4 Å². The third-order valence-electron chi connectivity index (χ3n) is 4.12. The minimum Gasteiger partial charge on any atom is -0.354 e. The molecule has 3 rings (SSSR count). The molecule has 6 nitrogen and oxygen atoms in total. The lowest BCUT2D eigenvalue weighted by molar-refractivity contribution is -0.123. The van der Waals surface area contributed by atoms with Gasteiger partial charge in [-0.1, -0.05) is 30.3 Å². The van der Waals surface area contributed by atoms with Crippen LogP contribution in [-0.4, -0.2) is 53.6 Å². The van der Waals surface area contributed by atoms with Crippen LogP contribution in [0.4, 0.5) is 0 Å². The van der Waals surface area contributed by atoms with Crippen LogP contribution in [0.5, 0.6) is 0 Å². The number of thioether (sulfide) groups is 1. The van der Waals surface area contributed by atoms with Crippen LogP contribution in [0.25, 0.3) is 10.6 Å². The topological polar surface area (TPSA) is 79.4 Å². The Kier molecular flexibility index (Phi) is 6.33. The highest BCUT2D eigenvalue weighted by Crippen LogP contribution is 2.25.